The van der Waals surface area contributed by atoms with Gasteiger partial charge < -0.3 is 16.0 Å². The second-order valence-corrected chi connectivity index (χ2v) is 5.94. The highest BCUT2D eigenvalue weighted by atomic mass is 16.2. The maximum absolute atomic E-state index is 11.8. The normalized spacial score (nSPS) is 11.8. The summed E-state index contributed by atoms with van der Waals surface area (Å²) < 4.78 is 0. The van der Waals surface area contributed by atoms with Gasteiger partial charge in [-0.2, -0.15) is 0 Å². The first-order chi connectivity index (χ1) is 9.68. The van der Waals surface area contributed by atoms with Crippen LogP contribution in [0.25, 0.3) is 0 Å². The lowest BCUT2D eigenvalue weighted by molar-refractivity contribution is -0.114. The average Bonchev–Trinajstić information content (AvgIpc) is 2.34. The van der Waals surface area contributed by atoms with E-state index in [-0.39, 0.29) is 17.4 Å². The second-order valence-electron chi connectivity index (χ2n) is 5.94. The number of benzene rings is 1. The number of rotatable bonds is 3. The summed E-state index contributed by atoms with van der Waals surface area (Å²) in [6.45, 7) is 9.64. The van der Waals surface area contributed by atoms with E-state index in [0.29, 0.717) is 11.4 Å². The SMILES string of the molecule is CC(=O)Nc1cccc(NC(=O)N/C=C(\C)C(C)(C)C)c1. The fourth-order valence-electron chi connectivity index (χ4n) is 1.44. The molecule has 5 nitrogen and oxygen atoms in total. The molecule has 0 bridgehead atoms. The second kappa shape index (κ2) is 6.92. The summed E-state index contributed by atoms with van der Waals surface area (Å²) in [7, 11) is 0. The van der Waals surface area contributed by atoms with E-state index >= 15 is 0 Å². The summed E-state index contributed by atoms with van der Waals surface area (Å²) in [5, 5.41) is 8.08. The fraction of sp³-hybridized carbons (Fsp3) is 0.375. The number of carbonyl (C=O) groups is 2. The Morgan fingerprint density at radius 2 is 1.62 bits per heavy atom. The van der Waals surface area contributed by atoms with Crippen LogP contribution in [0.15, 0.2) is 36.0 Å². The summed E-state index contributed by atoms with van der Waals surface area (Å²) in [6.07, 6.45) is 1.70. The summed E-state index contributed by atoms with van der Waals surface area (Å²) in [6, 6.07) is 6.65. The predicted molar refractivity (Wildman–Crippen MR) is 86.1 cm³/mol. The number of hydrogen-bond acceptors (Lipinski definition) is 2. The van der Waals surface area contributed by atoms with E-state index in [9.17, 15) is 9.59 Å². The highest BCUT2D eigenvalue weighted by molar-refractivity contribution is 5.92. The van der Waals surface area contributed by atoms with Crippen molar-refractivity contribution in [3.05, 3.63) is 36.0 Å². The molecule has 1 aromatic rings. The van der Waals surface area contributed by atoms with Crippen molar-refractivity contribution in [3.8, 4) is 0 Å². The van der Waals surface area contributed by atoms with Crippen LogP contribution in [0, 0.1) is 5.41 Å². The zero-order chi connectivity index (χ0) is 16.0. The van der Waals surface area contributed by atoms with Crippen molar-refractivity contribution in [2.45, 2.75) is 34.6 Å². The quantitative estimate of drug-likeness (QED) is 0.793. The third-order valence-corrected chi connectivity index (χ3v) is 3.04. The molecule has 0 saturated carbocycles. The predicted octanol–water partition coefficient (Wildman–Crippen LogP) is 3.72. The first kappa shape index (κ1) is 16.8. The maximum Gasteiger partial charge on any atom is 0.323 e. The molecule has 1 aromatic carbocycles. The van der Waals surface area contributed by atoms with Gasteiger partial charge in [-0.25, -0.2) is 4.79 Å². The summed E-state index contributed by atoms with van der Waals surface area (Å²) in [4.78, 5) is 22.8. The largest absolute Gasteiger partial charge is 0.326 e. The summed E-state index contributed by atoms with van der Waals surface area (Å²) in [5.74, 6) is -0.152. The van der Waals surface area contributed by atoms with Crippen LogP contribution in [0.3, 0.4) is 0 Å². The Morgan fingerprint density at radius 1 is 1.05 bits per heavy atom. The molecule has 0 heterocycles. The van der Waals surface area contributed by atoms with Gasteiger partial charge in [-0.3, -0.25) is 4.79 Å². The monoisotopic (exact) mass is 289 g/mol. The van der Waals surface area contributed by atoms with E-state index in [4.69, 9.17) is 0 Å². The molecule has 0 saturated heterocycles. The topological polar surface area (TPSA) is 70.2 Å². The molecule has 0 aliphatic carbocycles. The van der Waals surface area contributed by atoms with Crippen molar-refractivity contribution in [1.82, 2.24) is 5.32 Å². The van der Waals surface area contributed by atoms with Crippen LogP contribution in [0.4, 0.5) is 16.2 Å². The van der Waals surface area contributed by atoms with Gasteiger partial charge in [-0.1, -0.05) is 32.4 Å². The zero-order valence-electron chi connectivity index (χ0n) is 13.2. The number of hydrogen-bond donors (Lipinski definition) is 3. The highest BCUT2D eigenvalue weighted by Gasteiger charge is 2.12. The van der Waals surface area contributed by atoms with Crippen molar-refractivity contribution in [2.75, 3.05) is 10.6 Å². The van der Waals surface area contributed by atoms with Crippen LogP contribution in [-0.2, 0) is 4.79 Å². The van der Waals surface area contributed by atoms with Crippen molar-refractivity contribution >= 4 is 23.3 Å². The third kappa shape index (κ3) is 6.12. The van der Waals surface area contributed by atoms with E-state index in [1.807, 2.05) is 6.92 Å². The average molecular weight is 289 g/mol. The number of nitrogens with one attached hydrogen (secondary N) is 3. The Bertz CT molecular complexity index is 557. The number of urea groups is 1. The summed E-state index contributed by atoms with van der Waals surface area (Å²) in [5.41, 5.74) is 2.34. The minimum Gasteiger partial charge on any atom is -0.326 e. The van der Waals surface area contributed by atoms with E-state index in [2.05, 4.69) is 36.7 Å². The van der Waals surface area contributed by atoms with Gasteiger partial charge >= 0.3 is 6.03 Å². The molecule has 0 aliphatic rings. The van der Waals surface area contributed by atoms with Crippen molar-refractivity contribution in [3.63, 3.8) is 0 Å². The first-order valence-electron chi connectivity index (χ1n) is 6.81. The lowest BCUT2D eigenvalue weighted by atomic mass is 9.88. The zero-order valence-corrected chi connectivity index (χ0v) is 13.2. The van der Waals surface area contributed by atoms with Crippen LogP contribution in [0.5, 0.6) is 0 Å². The molecular weight excluding hydrogens is 266 g/mol. The summed E-state index contributed by atoms with van der Waals surface area (Å²) >= 11 is 0. The first-order valence-corrected chi connectivity index (χ1v) is 6.81. The van der Waals surface area contributed by atoms with Gasteiger partial charge in [-0.05, 0) is 30.5 Å². The molecule has 0 aliphatic heterocycles. The standard InChI is InChI=1S/C16H23N3O2/c1-11(16(3,4)5)10-17-15(21)19-14-8-6-7-13(9-14)18-12(2)20/h6-10H,1-5H3,(H,18,20)(H2,17,19,21)/b11-10+. The van der Waals surface area contributed by atoms with Crippen LogP contribution in [-0.4, -0.2) is 11.9 Å². The van der Waals surface area contributed by atoms with E-state index in [1.165, 1.54) is 6.92 Å². The van der Waals surface area contributed by atoms with Crippen LogP contribution in [0.1, 0.15) is 34.6 Å². The molecule has 3 N–H and O–H groups in total. The van der Waals surface area contributed by atoms with Crippen LogP contribution in [0.2, 0.25) is 0 Å². The molecule has 0 spiro atoms. The Kier molecular flexibility index (Phi) is 5.52. The Labute approximate surface area is 125 Å². The Hall–Kier alpha value is -2.30. The smallest absolute Gasteiger partial charge is 0.323 e. The fourth-order valence-corrected chi connectivity index (χ4v) is 1.44. The lowest BCUT2D eigenvalue weighted by Crippen LogP contribution is -2.25. The molecule has 114 valence electrons. The van der Waals surface area contributed by atoms with Crippen LogP contribution >= 0.6 is 0 Å². The number of amides is 3. The molecule has 0 unspecified atom stereocenters. The molecule has 1 rings (SSSR count). The lowest BCUT2D eigenvalue weighted by Gasteiger charge is -2.19. The molecule has 0 radical (unpaired) electrons. The Morgan fingerprint density at radius 3 is 2.14 bits per heavy atom. The minimum atomic E-state index is -0.321. The van der Waals surface area contributed by atoms with Gasteiger partial charge in [0.2, 0.25) is 5.91 Å². The molecule has 0 atom stereocenters. The van der Waals surface area contributed by atoms with Gasteiger partial charge in [0.25, 0.3) is 0 Å². The van der Waals surface area contributed by atoms with E-state index < -0.39 is 0 Å². The maximum atomic E-state index is 11.8. The molecule has 0 fully saturated rings. The van der Waals surface area contributed by atoms with Crippen LogP contribution < -0.4 is 16.0 Å². The molecule has 5 heteroatoms. The number of carbonyl (C=O) groups excluding carboxylic acids is 2. The van der Waals surface area contributed by atoms with Gasteiger partial charge in [0.1, 0.15) is 0 Å². The third-order valence-electron chi connectivity index (χ3n) is 3.04. The highest BCUT2D eigenvalue weighted by Crippen LogP contribution is 2.23. The van der Waals surface area contributed by atoms with Crippen molar-refractivity contribution < 1.29 is 9.59 Å². The van der Waals surface area contributed by atoms with Crippen molar-refractivity contribution in [2.24, 2.45) is 5.41 Å². The molecule has 21 heavy (non-hydrogen) atoms. The van der Waals surface area contributed by atoms with Gasteiger partial charge in [0, 0.05) is 24.5 Å². The van der Waals surface area contributed by atoms with Gasteiger partial charge in [0.15, 0.2) is 0 Å². The Balaban J connectivity index is 2.65. The van der Waals surface area contributed by atoms with Gasteiger partial charge in [-0.15, -0.1) is 0 Å². The number of anilines is 2. The van der Waals surface area contributed by atoms with E-state index in [0.717, 1.165) is 5.57 Å². The molecule has 3 amide bonds. The van der Waals surface area contributed by atoms with Crippen molar-refractivity contribution in [1.29, 1.82) is 0 Å². The molecular formula is C16H23N3O2. The minimum absolute atomic E-state index is 0.0125. The van der Waals surface area contributed by atoms with Gasteiger partial charge in [0.05, 0.1) is 0 Å². The van der Waals surface area contributed by atoms with E-state index in [1.54, 1.807) is 30.5 Å². The number of allylic oxidation sites excluding steroid dienone is 1. The molecule has 0 aromatic heterocycles.